The smallest absolute Gasteiger partial charge is 0.323 e. The number of ether oxygens (including phenoxy) is 4. The van der Waals surface area contributed by atoms with Crippen molar-refractivity contribution in [1.29, 1.82) is 0 Å². The predicted molar refractivity (Wildman–Crippen MR) is 247 cm³/mol. The maximum atomic E-state index is 13.5. The number of sulfonamides is 1. The Hall–Kier alpha value is -5.65. The number of carbonyl (C=O) groups excluding carboxylic acids is 3. The van der Waals surface area contributed by atoms with E-state index in [9.17, 15) is 32.7 Å². The minimum Gasteiger partial charge on any atom is -0.494 e. The van der Waals surface area contributed by atoms with Crippen LogP contribution in [0.5, 0.6) is 5.75 Å². The number of amides is 3. The highest BCUT2D eigenvalue weighted by Gasteiger charge is 2.29. The van der Waals surface area contributed by atoms with Gasteiger partial charge < -0.3 is 55.6 Å². The van der Waals surface area contributed by atoms with E-state index in [1.165, 1.54) is 12.1 Å². The fraction of sp³-hybridized carbons (Fsp3) is 0.545. The third-order valence-corrected chi connectivity index (χ3v) is 12.0. The predicted octanol–water partition coefficient (Wildman–Crippen LogP) is 2.26. The molecule has 0 aliphatic rings. The third kappa shape index (κ3) is 18.0. The number of nitrogens with one attached hydrogen (secondary N) is 7. The van der Waals surface area contributed by atoms with E-state index in [1.54, 1.807) is 57.7 Å². The lowest BCUT2D eigenvalue weighted by Crippen LogP contribution is -2.48. The Bertz CT molecular complexity index is 2210. The number of likely N-dealkylation sites (N-methyl/N-ethyl adjacent to an activating group) is 1. The number of aromatic amines is 1. The molecule has 3 amide bonds. The molecule has 0 aliphatic carbocycles. The minimum atomic E-state index is -4.35. The summed E-state index contributed by atoms with van der Waals surface area (Å²) in [5, 5.41) is 29.5. The van der Waals surface area contributed by atoms with Gasteiger partial charge in [0.05, 0.1) is 55.7 Å². The van der Waals surface area contributed by atoms with Gasteiger partial charge in [0.1, 0.15) is 11.8 Å². The molecule has 2 aromatic carbocycles. The molecule has 66 heavy (non-hydrogen) atoms. The van der Waals surface area contributed by atoms with Crippen molar-refractivity contribution in [3.05, 3.63) is 65.6 Å². The maximum Gasteiger partial charge on any atom is 0.323 e. The van der Waals surface area contributed by atoms with E-state index in [1.807, 2.05) is 11.6 Å². The average Bonchev–Trinajstić information content (AvgIpc) is 3.96. The zero-order valence-electron chi connectivity index (χ0n) is 38.3. The van der Waals surface area contributed by atoms with Crippen LogP contribution >= 0.6 is 0 Å². The van der Waals surface area contributed by atoms with Gasteiger partial charge in [-0.1, -0.05) is 6.92 Å². The second kappa shape index (κ2) is 28.4. The maximum absolute atomic E-state index is 13.5. The van der Waals surface area contributed by atoms with Crippen LogP contribution in [0.3, 0.4) is 0 Å². The van der Waals surface area contributed by atoms with Crippen molar-refractivity contribution < 1.29 is 51.6 Å². The molecule has 2 heterocycles. The van der Waals surface area contributed by atoms with Gasteiger partial charge in [-0.3, -0.25) is 23.9 Å². The van der Waals surface area contributed by atoms with Crippen LogP contribution in [0.1, 0.15) is 66.9 Å². The van der Waals surface area contributed by atoms with Crippen LogP contribution in [0.25, 0.3) is 10.9 Å². The lowest BCUT2D eigenvalue weighted by Gasteiger charge is -2.19. The second-order valence-electron chi connectivity index (χ2n) is 15.4. The molecule has 22 heteroatoms. The largest absolute Gasteiger partial charge is 0.494 e. The molecule has 21 nitrogen and oxygen atoms in total. The van der Waals surface area contributed by atoms with Gasteiger partial charge in [0.15, 0.2) is 5.95 Å². The number of nitrogens with zero attached hydrogens (tertiary/aromatic N) is 3. The minimum absolute atomic E-state index is 0.00642. The number of rotatable bonds is 34. The van der Waals surface area contributed by atoms with Gasteiger partial charge in [0.25, 0.3) is 5.91 Å². The fourth-order valence-corrected chi connectivity index (χ4v) is 8.47. The van der Waals surface area contributed by atoms with E-state index in [-0.39, 0.29) is 41.3 Å². The lowest BCUT2D eigenvalue weighted by molar-refractivity contribution is -0.138. The zero-order chi connectivity index (χ0) is 47.7. The number of benzene rings is 2. The molecule has 0 saturated heterocycles. The molecule has 364 valence electrons. The summed E-state index contributed by atoms with van der Waals surface area (Å²) in [6.07, 6.45) is 8.55. The van der Waals surface area contributed by atoms with Crippen LogP contribution in [0.2, 0.25) is 0 Å². The highest BCUT2D eigenvalue weighted by Crippen LogP contribution is 2.26. The molecule has 0 aliphatic heterocycles. The highest BCUT2D eigenvalue weighted by atomic mass is 32.2. The van der Waals surface area contributed by atoms with E-state index in [2.05, 4.69) is 46.4 Å². The summed E-state index contributed by atoms with van der Waals surface area (Å²) in [5.41, 5.74) is 1.74. The summed E-state index contributed by atoms with van der Waals surface area (Å²) in [4.78, 5) is 56.5. The van der Waals surface area contributed by atoms with E-state index < -0.39 is 34.5 Å². The number of aryl methyl sites for hydroxylation is 3. The summed E-state index contributed by atoms with van der Waals surface area (Å²) in [5.74, 6) is -1.10. The Labute approximate surface area is 385 Å². The van der Waals surface area contributed by atoms with Gasteiger partial charge >= 0.3 is 5.97 Å². The Morgan fingerprint density at radius 1 is 0.833 bits per heavy atom. The molecule has 2 aromatic heterocycles. The monoisotopic (exact) mass is 942 g/mol. The second-order valence-corrected chi connectivity index (χ2v) is 17.0. The van der Waals surface area contributed by atoms with Crippen LogP contribution < -0.4 is 36.0 Å². The zero-order valence-corrected chi connectivity index (χ0v) is 39.1. The van der Waals surface area contributed by atoms with Crippen molar-refractivity contribution >= 4 is 50.6 Å². The first kappa shape index (κ1) is 53.0. The molecule has 0 spiro atoms. The topological polar surface area (TPSA) is 278 Å². The number of aliphatic carboxylic acids is 1. The molecule has 8 N–H and O–H groups in total. The van der Waals surface area contributed by atoms with Crippen molar-refractivity contribution in [2.45, 2.75) is 82.8 Å². The molecule has 0 fully saturated rings. The first-order chi connectivity index (χ1) is 31.8. The van der Waals surface area contributed by atoms with Crippen LogP contribution in [-0.2, 0) is 45.2 Å². The Morgan fingerprint density at radius 2 is 1.52 bits per heavy atom. The quantitative estimate of drug-likeness (QED) is 0.0312. The van der Waals surface area contributed by atoms with Gasteiger partial charge in [-0.05, 0) is 94.5 Å². The van der Waals surface area contributed by atoms with Gasteiger partial charge in [-0.15, -0.1) is 0 Å². The van der Waals surface area contributed by atoms with Crippen LogP contribution in [-0.4, -0.2) is 149 Å². The van der Waals surface area contributed by atoms with Crippen LogP contribution in [0.15, 0.2) is 53.8 Å². The summed E-state index contributed by atoms with van der Waals surface area (Å²) in [7, 11) is -2.59. The summed E-state index contributed by atoms with van der Waals surface area (Å²) in [6.45, 7) is 9.87. The normalized spacial score (nSPS) is 12.4. The number of anilines is 1. The third-order valence-electron chi connectivity index (χ3n) is 10.2. The number of aromatic nitrogens is 4. The van der Waals surface area contributed by atoms with Gasteiger partial charge in [-0.25, -0.2) is 13.4 Å². The van der Waals surface area contributed by atoms with E-state index in [0.717, 1.165) is 30.2 Å². The Balaban J connectivity index is 1.07. The number of hydrogen-bond donors (Lipinski definition) is 8. The number of fused-ring (bicyclic) bond motifs is 1. The number of imidazole rings is 1. The molecular formula is C44H66N10O11S. The molecule has 0 radical (unpaired) electrons. The number of hydrogen-bond acceptors (Lipinski definition) is 14. The summed E-state index contributed by atoms with van der Waals surface area (Å²) >= 11 is 0. The fourth-order valence-electron chi connectivity index (χ4n) is 6.83. The average molecular weight is 943 g/mol. The Kier molecular flexibility index (Phi) is 22.8. The number of carbonyl (C=O) groups is 4. The van der Waals surface area contributed by atoms with Crippen molar-refractivity contribution in [2.24, 2.45) is 0 Å². The lowest BCUT2D eigenvalue weighted by atomic mass is 10.1. The van der Waals surface area contributed by atoms with Crippen LogP contribution in [0.4, 0.5) is 5.95 Å². The number of carboxylic acid groups (broad SMARTS) is 1. The van der Waals surface area contributed by atoms with E-state index >= 15 is 0 Å². The highest BCUT2D eigenvalue weighted by molar-refractivity contribution is 7.89. The first-order valence-corrected chi connectivity index (χ1v) is 23.7. The molecule has 1 unspecified atom stereocenters. The van der Waals surface area contributed by atoms with Crippen LogP contribution in [0, 0.1) is 13.8 Å². The summed E-state index contributed by atoms with van der Waals surface area (Å²) in [6, 6.07) is 6.23. The molecule has 2 atom stereocenters. The summed E-state index contributed by atoms with van der Waals surface area (Å²) < 4.78 is 53.5. The first-order valence-electron chi connectivity index (χ1n) is 22.2. The van der Waals surface area contributed by atoms with Crippen molar-refractivity contribution in [3.8, 4) is 5.75 Å². The van der Waals surface area contributed by atoms with E-state index in [4.69, 9.17) is 18.9 Å². The standard InChI is InChI=1S/C44H66N10O11S/c1-5-36(45-4)42(57)47-15-9-20-63-23-25-64-24-22-62-19-8-14-46-39(55)10-6-21-65-35-26-31(2)40(32(3)27-35)66(60,61)53-37(43(58)59)30-51-41(56)33-11-12-38-34(28-33)29-52-54(38)18-7-13-48-44-49-16-17-50-44/h11-12,16-17,26-29,36-37,45,53H,5-10,13-15,18-25,30H2,1-4H3,(H,46,55)(H,47,57)(H,51,56)(H,58,59)(H2,48,49,50)/t36-,37?/m1/s1. The van der Waals surface area contributed by atoms with Gasteiger partial charge in [0, 0.05) is 75.7 Å². The van der Waals surface area contributed by atoms with E-state index in [0.29, 0.717) is 101 Å². The van der Waals surface area contributed by atoms with Crippen molar-refractivity contribution in [2.75, 3.05) is 84.8 Å². The SMILES string of the molecule is CC[C@@H](NC)C(=O)NCCCOCCOCCOCCCNC(=O)CCCOc1cc(C)c(S(=O)(=O)NC(CNC(=O)c2ccc3c(cnn3CCCNc3ncc[nH]3)c2)C(=O)O)c(C)c1. The molecule has 4 rings (SSSR count). The Morgan fingerprint density at radius 3 is 2.15 bits per heavy atom. The molecular weight excluding hydrogens is 877 g/mol. The number of carboxylic acids is 1. The van der Waals surface area contributed by atoms with Crippen molar-refractivity contribution in [1.82, 2.24) is 45.7 Å². The van der Waals surface area contributed by atoms with Gasteiger partial charge in [0.2, 0.25) is 21.8 Å². The molecule has 4 aromatic rings. The van der Waals surface area contributed by atoms with Crippen molar-refractivity contribution in [3.63, 3.8) is 0 Å². The van der Waals surface area contributed by atoms with Gasteiger partial charge in [-0.2, -0.15) is 9.82 Å². The molecule has 0 bridgehead atoms. The molecule has 0 saturated carbocycles. The number of H-pyrrole nitrogens is 1.